The van der Waals surface area contributed by atoms with Crippen molar-refractivity contribution >= 4 is 0 Å². The summed E-state index contributed by atoms with van der Waals surface area (Å²) in [5.74, 6) is 0.322. The highest BCUT2D eigenvalue weighted by atomic mass is 15.1. The van der Waals surface area contributed by atoms with Crippen molar-refractivity contribution in [2.24, 2.45) is 16.4 Å². The van der Waals surface area contributed by atoms with Gasteiger partial charge in [0.05, 0.1) is 6.07 Å². The zero-order valence-corrected chi connectivity index (χ0v) is 10.9. The summed E-state index contributed by atoms with van der Waals surface area (Å²) in [5, 5.41) is 16.2. The lowest BCUT2D eigenvalue weighted by Crippen LogP contribution is -2.54. The van der Waals surface area contributed by atoms with Crippen molar-refractivity contribution < 1.29 is 0 Å². The maximum atomic E-state index is 9.42. The quantitative estimate of drug-likeness (QED) is 0.351. The number of hydrogen-bond acceptors (Lipinski definition) is 3. The maximum absolute atomic E-state index is 9.42. The minimum absolute atomic E-state index is 0.322. The minimum Gasteiger partial charge on any atom is -0.299 e. The normalized spacial score (nSPS) is 31.3. The second-order valence-electron chi connectivity index (χ2n) is 5.73. The van der Waals surface area contributed by atoms with Crippen LogP contribution in [0, 0.1) is 22.7 Å². The third-order valence-corrected chi connectivity index (χ3v) is 3.81. The molecular formula is C12H21N5. The smallest absolute Gasteiger partial charge is 0.109 e. The van der Waals surface area contributed by atoms with E-state index in [4.69, 9.17) is 5.53 Å². The third-order valence-electron chi connectivity index (χ3n) is 3.81. The SMILES string of the molecule is CC1CC(C)(C)CCC1(C#N)NCCN=[N+]=[N-]. The first kappa shape index (κ1) is 13.8. The van der Waals surface area contributed by atoms with E-state index in [1.807, 2.05) is 0 Å². The maximum Gasteiger partial charge on any atom is 0.109 e. The number of nitrogens with zero attached hydrogens (tertiary/aromatic N) is 4. The van der Waals surface area contributed by atoms with Gasteiger partial charge in [-0.15, -0.1) is 0 Å². The van der Waals surface area contributed by atoms with Crippen molar-refractivity contribution in [1.82, 2.24) is 5.32 Å². The molecule has 0 bridgehead atoms. The van der Waals surface area contributed by atoms with Gasteiger partial charge in [0, 0.05) is 18.0 Å². The van der Waals surface area contributed by atoms with Crippen molar-refractivity contribution in [3.8, 4) is 6.07 Å². The predicted molar refractivity (Wildman–Crippen MR) is 67.2 cm³/mol. The molecule has 94 valence electrons. The predicted octanol–water partition coefficient (Wildman–Crippen LogP) is 2.99. The largest absolute Gasteiger partial charge is 0.299 e. The molecule has 1 saturated carbocycles. The van der Waals surface area contributed by atoms with Crippen LogP contribution in [0.25, 0.3) is 10.4 Å². The third kappa shape index (κ3) is 3.36. The molecule has 2 unspecified atom stereocenters. The molecule has 0 aliphatic heterocycles. The molecule has 0 radical (unpaired) electrons. The molecule has 5 nitrogen and oxygen atoms in total. The Labute approximate surface area is 103 Å². The van der Waals surface area contributed by atoms with Crippen LogP contribution in [0.5, 0.6) is 0 Å². The summed E-state index contributed by atoms with van der Waals surface area (Å²) < 4.78 is 0. The van der Waals surface area contributed by atoms with Gasteiger partial charge >= 0.3 is 0 Å². The Balaban J connectivity index is 2.63. The van der Waals surface area contributed by atoms with E-state index < -0.39 is 5.54 Å². The zero-order valence-electron chi connectivity index (χ0n) is 10.9. The van der Waals surface area contributed by atoms with Crippen LogP contribution in [0.2, 0.25) is 0 Å². The molecule has 17 heavy (non-hydrogen) atoms. The Morgan fingerprint density at radius 1 is 1.53 bits per heavy atom. The lowest BCUT2D eigenvalue weighted by Gasteiger charge is -2.44. The van der Waals surface area contributed by atoms with Crippen molar-refractivity contribution in [3.63, 3.8) is 0 Å². The summed E-state index contributed by atoms with van der Waals surface area (Å²) >= 11 is 0. The van der Waals surface area contributed by atoms with Crippen LogP contribution >= 0.6 is 0 Å². The van der Waals surface area contributed by atoms with E-state index in [1.54, 1.807) is 0 Å². The molecule has 0 spiro atoms. The molecule has 0 aromatic heterocycles. The average molecular weight is 235 g/mol. The molecule has 0 saturated heterocycles. The highest BCUT2D eigenvalue weighted by molar-refractivity contribution is 5.13. The fourth-order valence-electron chi connectivity index (χ4n) is 2.73. The van der Waals surface area contributed by atoms with Crippen molar-refractivity contribution in [3.05, 3.63) is 10.4 Å². The van der Waals surface area contributed by atoms with E-state index >= 15 is 0 Å². The lowest BCUT2D eigenvalue weighted by atomic mass is 9.64. The van der Waals surface area contributed by atoms with Gasteiger partial charge in [-0.2, -0.15) is 5.26 Å². The van der Waals surface area contributed by atoms with Gasteiger partial charge in [-0.25, -0.2) is 0 Å². The molecule has 5 heteroatoms. The van der Waals surface area contributed by atoms with Gasteiger partial charge < -0.3 is 0 Å². The summed E-state index contributed by atoms with van der Waals surface area (Å²) in [6, 6.07) is 2.44. The number of nitriles is 1. The van der Waals surface area contributed by atoms with Gasteiger partial charge in [0.1, 0.15) is 5.54 Å². The van der Waals surface area contributed by atoms with Crippen LogP contribution in [0.15, 0.2) is 5.11 Å². The second kappa shape index (κ2) is 5.39. The number of nitrogens with one attached hydrogen (secondary N) is 1. The van der Waals surface area contributed by atoms with E-state index in [9.17, 15) is 5.26 Å². The number of hydrogen-bond donors (Lipinski definition) is 1. The van der Waals surface area contributed by atoms with E-state index in [0.717, 1.165) is 19.3 Å². The standard InChI is InChI=1S/C12H21N5/c1-10-8-11(2,3)4-5-12(10,9-13)15-6-7-16-17-14/h10,15H,4-8H2,1-3H3. The van der Waals surface area contributed by atoms with Crippen molar-refractivity contribution in [1.29, 1.82) is 5.26 Å². The molecule has 0 aromatic carbocycles. The minimum atomic E-state index is -0.444. The topological polar surface area (TPSA) is 84.6 Å². The summed E-state index contributed by atoms with van der Waals surface area (Å²) in [6.07, 6.45) is 2.97. The molecule has 1 N–H and O–H groups in total. The molecule has 2 atom stereocenters. The molecule has 1 rings (SSSR count). The molecule has 0 amide bonds. The van der Waals surface area contributed by atoms with Crippen molar-refractivity contribution in [2.45, 2.75) is 45.6 Å². The average Bonchev–Trinajstić information content (AvgIpc) is 2.27. The summed E-state index contributed by atoms with van der Waals surface area (Å²) in [4.78, 5) is 2.71. The lowest BCUT2D eigenvalue weighted by molar-refractivity contribution is 0.111. The van der Waals surface area contributed by atoms with Crippen LogP contribution < -0.4 is 5.32 Å². The highest BCUT2D eigenvalue weighted by Gasteiger charge is 2.43. The molecule has 1 fully saturated rings. The van der Waals surface area contributed by atoms with Gasteiger partial charge in [-0.05, 0) is 36.1 Å². The molecule has 1 aliphatic rings. The number of azide groups is 1. The van der Waals surface area contributed by atoms with E-state index in [-0.39, 0.29) is 0 Å². The van der Waals surface area contributed by atoms with E-state index in [2.05, 4.69) is 42.2 Å². The Morgan fingerprint density at radius 2 is 2.24 bits per heavy atom. The van der Waals surface area contributed by atoms with Crippen LogP contribution in [-0.4, -0.2) is 18.6 Å². The summed E-state index contributed by atoms with van der Waals surface area (Å²) in [6.45, 7) is 7.61. The summed E-state index contributed by atoms with van der Waals surface area (Å²) in [5.41, 5.74) is 8.09. The zero-order chi connectivity index (χ0) is 12.9. The fourth-order valence-corrected chi connectivity index (χ4v) is 2.73. The Kier molecular flexibility index (Phi) is 4.39. The second-order valence-corrected chi connectivity index (χ2v) is 5.73. The molecule has 0 heterocycles. The van der Waals surface area contributed by atoms with Crippen LogP contribution in [0.4, 0.5) is 0 Å². The first-order valence-corrected chi connectivity index (χ1v) is 6.13. The Hall–Kier alpha value is -1.24. The Morgan fingerprint density at radius 3 is 2.76 bits per heavy atom. The first-order chi connectivity index (χ1) is 7.96. The summed E-state index contributed by atoms with van der Waals surface area (Å²) in [7, 11) is 0. The van der Waals surface area contributed by atoms with Crippen LogP contribution in [0.1, 0.15) is 40.0 Å². The molecule has 1 aliphatic carbocycles. The number of rotatable bonds is 4. The highest BCUT2D eigenvalue weighted by Crippen LogP contribution is 2.43. The fraction of sp³-hybridized carbons (Fsp3) is 0.917. The molecular weight excluding hydrogens is 214 g/mol. The van der Waals surface area contributed by atoms with Gasteiger partial charge in [0.2, 0.25) is 0 Å². The Bertz CT molecular complexity index is 350. The van der Waals surface area contributed by atoms with Crippen LogP contribution in [-0.2, 0) is 0 Å². The molecule has 0 aromatic rings. The van der Waals surface area contributed by atoms with Gasteiger partial charge in [-0.1, -0.05) is 25.9 Å². The van der Waals surface area contributed by atoms with Crippen molar-refractivity contribution in [2.75, 3.05) is 13.1 Å². The van der Waals surface area contributed by atoms with E-state index in [0.29, 0.717) is 24.4 Å². The van der Waals surface area contributed by atoms with Gasteiger partial charge in [-0.3, -0.25) is 5.32 Å². The van der Waals surface area contributed by atoms with Gasteiger partial charge in [0.25, 0.3) is 0 Å². The van der Waals surface area contributed by atoms with Crippen LogP contribution in [0.3, 0.4) is 0 Å². The first-order valence-electron chi connectivity index (χ1n) is 6.13. The monoisotopic (exact) mass is 235 g/mol. The van der Waals surface area contributed by atoms with E-state index in [1.165, 1.54) is 0 Å². The van der Waals surface area contributed by atoms with Gasteiger partial charge in [0.15, 0.2) is 0 Å².